The van der Waals surface area contributed by atoms with Gasteiger partial charge in [0.2, 0.25) is 0 Å². The first kappa shape index (κ1) is 30.9. The van der Waals surface area contributed by atoms with Gasteiger partial charge in [-0.25, -0.2) is 0 Å². The van der Waals surface area contributed by atoms with Crippen molar-refractivity contribution in [2.75, 3.05) is 6.54 Å². The largest absolute Gasteiger partial charge is 0.416 e. The average Bonchev–Trinajstić information content (AvgIpc) is 3.61. The molecule has 230 valence electrons. The van der Waals surface area contributed by atoms with Crippen LogP contribution in [0.2, 0.25) is 0 Å². The second kappa shape index (κ2) is 12.6. The van der Waals surface area contributed by atoms with Crippen LogP contribution in [0.1, 0.15) is 71.8 Å². The fraction of sp³-hybridized carbons (Fsp3) is 0.467. The number of hydrogen-bond donors (Lipinski definition) is 1. The summed E-state index contributed by atoms with van der Waals surface area (Å²) in [6, 6.07) is 11.2. The molecule has 0 spiro atoms. The van der Waals surface area contributed by atoms with E-state index in [1.807, 2.05) is 30.3 Å². The number of rotatable bonds is 10. The molecule has 1 atom stereocenters. The van der Waals surface area contributed by atoms with Gasteiger partial charge in [0, 0.05) is 36.6 Å². The molecule has 13 heteroatoms. The van der Waals surface area contributed by atoms with E-state index in [0.717, 1.165) is 53.6 Å². The second-order valence-corrected chi connectivity index (χ2v) is 11.3. The van der Waals surface area contributed by atoms with Gasteiger partial charge in [-0.05, 0) is 59.0 Å². The minimum atomic E-state index is -4.95. The summed E-state index contributed by atoms with van der Waals surface area (Å²) in [5, 5.41) is 12.9. The van der Waals surface area contributed by atoms with Gasteiger partial charge in [0.05, 0.1) is 30.2 Å². The van der Waals surface area contributed by atoms with Crippen LogP contribution in [0.4, 0.5) is 26.3 Å². The molecule has 0 bridgehead atoms. The summed E-state index contributed by atoms with van der Waals surface area (Å²) in [4.78, 5) is 7.96. The molecule has 1 saturated carbocycles. The zero-order valence-electron chi connectivity index (χ0n) is 23.7. The van der Waals surface area contributed by atoms with Crippen molar-refractivity contribution in [1.29, 1.82) is 0 Å². The van der Waals surface area contributed by atoms with Crippen LogP contribution in [0.3, 0.4) is 0 Å². The lowest BCUT2D eigenvalue weighted by atomic mass is 9.88. The maximum Gasteiger partial charge on any atom is 0.416 e. The van der Waals surface area contributed by atoms with Crippen LogP contribution in [-0.2, 0) is 39.0 Å². The lowest BCUT2D eigenvalue weighted by Crippen LogP contribution is -2.26. The number of fused-ring (bicyclic) bond motifs is 1. The molecule has 2 N–H and O–H groups in total. The highest BCUT2D eigenvalue weighted by atomic mass is 19.4. The van der Waals surface area contributed by atoms with Crippen molar-refractivity contribution < 1.29 is 26.3 Å². The van der Waals surface area contributed by atoms with Gasteiger partial charge in [-0.3, -0.25) is 9.88 Å². The van der Waals surface area contributed by atoms with E-state index in [1.165, 1.54) is 17.6 Å². The van der Waals surface area contributed by atoms with Gasteiger partial charge >= 0.3 is 12.4 Å². The highest BCUT2D eigenvalue weighted by molar-refractivity contribution is 5.79. The van der Waals surface area contributed by atoms with Gasteiger partial charge < -0.3 is 5.73 Å². The Balaban J connectivity index is 1.55. The van der Waals surface area contributed by atoms with Crippen molar-refractivity contribution in [2.45, 2.75) is 70.0 Å². The van der Waals surface area contributed by atoms with E-state index in [0.29, 0.717) is 12.5 Å². The van der Waals surface area contributed by atoms with E-state index < -0.39 is 23.5 Å². The van der Waals surface area contributed by atoms with Gasteiger partial charge in [-0.1, -0.05) is 43.9 Å². The molecule has 7 nitrogen and oxygen atoms in total. The van der Waals surface area contributed by atoms with E-state index in [-0.39, 0.29) is 43.0 Å². The number of pyridine rings is 1. The molecular formula is C30H33F6N7. The topological polar surface area (TPSA) is 85.8 Å². The Kier molecular flexibility index (Phi) is 9.02. The Bertz CT molecular complexity index is 1510. The summed E-state index contributed by atoms with van der Waals surface area (Å²) in [6.45, 7) is 0.342. The second-order valence-electron chi connectivity index (χ2n) is 11.3. The summed E-state index contributed by atoms with van der Waals surface area (Å²) < 4.78 is 81.8. The fourth-order valence-electron chi connectivity index (χ4n) is 5.99. The molecule has 43 heavy (non-hydrogen) atoms. The molecule has 1 unspecified atom stereocenters. The zero-order chi connectivity index (χ0) is 30.8. The summed E-state index contributed by atoms with van der Waals surface area (Å²) in [7, 11) is 1.57. The third kappa shape index (κ3) is 7.69. The first-order valence-corrected chi connectivity index (χ1v) is 14.2. The van der Waals surface area contributed by atoms with Crippen molar-refractivity contribution in [3.8, 4) is 0 Å². The zero-order valence-corrected chi connectivity index (χ0v) is 23.7. The Morgan fingerprint density at radius 3 is 2.21 bits per heavy atom. The minimum Gasteiger partial charge on any atom is -0.330 e. The van der Waals surface area contributed by atoms with E-state index >= 15 is 0 Å². The molecule has 1 fully saturated rings. The van der Waals surface area contributed by atoms with Gasteiger partial charge in [0.1, 0.15) is 0 Å². The lowest BCUT2D eigenvalue weighted by Gasteiger charge is -2.26. The van der Waals surface area contributed by atoms with Crippen molar-refractivity contribution in [1.82, 2.24) is 30.1 Å². The highest BCUT2D eigenvalue weighted by Crippen LogP contribution is 2.38. The quantitative estimate of drug-likeness (QED) is 0.205. The Labute approximate surface area is 245 Å². The normalized spacial score (nSPS) is 15.6. The van der Waals surface area contributed by atoms with Crippen molar-refractivity contribution in [2.24, 2.45) is 18.7 Å². The lowest BCUT2D eigenvalue weighted by molar-refractivity contribution is -0.143. The molecule has 0 radical (unpaired) electrons. The van der Waals surface area contributed by atoms with Crippen LogP contribution < -0.4 is 5.73 Å². The maximum absolute atomic E-state index is 13.6. The molecule has 2 aromatic carbocycles. The number of halogens is 6. The van der Waals surface area contributed by atoms with Crippen molar-refractivity contribution in [3.05, 3.63) is 82.3 Å². The number of aryl methyl sites for hydroxylation is 1. The Hall–Kier alpha value is -3.58. The number of hydrogen-bond acceptors (Lipinski definition) is 6. The molecule has 1 aliphatic carbocycles. The first-order chi connectivity index (χ1) is 20.4. The smallest absolute Gasteiger partial charge is 0.330 e. The highest BCUT2D eigenvalue weighted by Gasteiger charge is 2.37. The van der Waals surface area contributed by atoms with Gasteiger partial charge in [-0.2, -0.15) is 31.1 Å². The average molecular weight is 606 g/mol. The van der Waals surface area contributed by atoms with E-state index in [2.05, 4.69) is 15.4 Å². The summed E-state index contributed by atoms with van der Waals surface area (Å²) in [5.41, 5.74) is 5.83. The summed E-state index contributed by atoms with van der Waals surface area (Å²) in [6.07, 6.45) is -4.43. The molecule has 2 aromatic heterocycles. The summed E-state index contributed by atoms with van der Waals surface area (Å²) in [5.74, 6) is 0.757. The third-order valence-corrected chi connectivity index (χ3v) is 7.96. The van der Waals surface area contributed by atoms with Crippen LogP contribution in [0.5, 0.6) is 0 Å². The van der Waals surface area contributed by atoms with Gasteiger partial charge in [-0.15, -0.1) is 10.2 Å². The van der Waals surface area contributed by atoms with Crippen LogP contribution in [0.25, 0.3) is 10.9 Å². The van der Waals surface area contributed by atoms with Crippen LogP contribution in [0, 0.1) is 5.92 Å². The van der Waals surface area contributed by atoms with E-state index in [4.69, 9.17) is 10.7 Å². The standard InChI is InChI=1S/C30H33F6N7/c1-42-40-27(39-41-42)18-43(16-20-11-24(29(31,32)33)14-25(12-20)30(34,35)36)17-23-13-21-8-4-5-9-26(21)38-28(23)22(15-37)10-19-6-2-3-7-19/h4-5,8-9,11-14,19,22H,2-3,6-7,10,15-18,37H2,1H3. The Morgan fingerprint density at radius 1 is 0.930 bits per heavy atom. The first-order valence-electron chi connectivity index (χ1n) is 14.2. The predicted octanol–water partition coefficient (Wildman–Crippen LogP) is 6.62. The molecule has 4 aromatic rings. The SMILES string of the molecule is Cn1nnc(CN(Cc2cc(C(F)(F)F)cc(C(F)(F)F)c2)Cc2cc3ccccc3nc2C(CN)CC2CCCC2)n1. The van der Waals surface area contributed by atoms with Crippen LogP contribution in [-0.4, -0.2) is 36.6 Å². The molecule has 1 aliphatic rings. The number of tetrazole rings is 1. The van der Waals surface area contributed by atoms with Crippen molar-refractivity contribution >= 4 is 10.9 Å². The van der Waals surface area contributed by atoms with Gasteiger partial charge in [0.15, 0.2) is 5.82 Å². The Morgan fingerprint density at radius 2 is 1.60 bits per heavy atom. The molecule has 0 amide bonds. The summed E-state index contributed by atoms with van der Waals surface area (Å²) >= 11 is 0. The van der Waals surface area contributed by atoms with Crippen LogP contribution in [0.15, 0.2) is 48.5 Å². The molecule has 5 rings (SSSR count). The minimum absolute atomic E-state index is 0.0353. The van der Waals surface area contributed by atoms with Gasteiger partial charge in [0.25, 0.3) is 0 Å². The van der Waals surface area contributed by atoms with E-state index in [1.54, 1.807) is 11.9 Å². The number of para-hydroxylation sites is 1. The molecular weight excluding hydrogens is 572 g/mol. The molecule has 0 aliphatic heterocycles. The van der Waals surface area contributed by atoms with Crippen molar-refractivity contribution in [3.63, 3.8) is 0 Å². The number of nitrogens with zero attached hydrogens (tertiary/aromatic N) is 6. The number of alkyl halides is 6. The number of benzene rings is 2. The number of aromatic nitrogens is 5. The van der Waals surface area contributed by atoms with E-state index in [9.17, 15) is 26.3 Å². The van der Waals surface area contributed by atoms with Crippen LogP contribution >= 0.6 is 0 Å². The molecule has 0 saturated heterocycles. The monoisotopic (exact) mass is 605 g/mol. The fourth-order valence-corrected chi connectivity index (χ4v) is 5.99. The maximum atomic E-state index is 13.6. The number of nitrogens with two attached hydrogens (primary N) is 1. The third-order valence-electron chi connectivity index (χ3n) is 7.96. The molecule has 2 heterocycles. The predicted molar refractivity (Wildman–Crippen MR) is 148 cm³/mol.